The number of hydrogen-bond donors (Lipinski definition) is 1. The number of hydrogen-bond acceptors (Lipinski definition) is 3. The van der Waals surface area contributed by atoms with Gasteiger partial charge in [0.15, 0.2) is 5.79 Å². The van der Waals surface area contributed by atoms with Crippen molar-refractivity contribution in [3.63, 3.8) is 0 Å². The molecule has 1 aliphatic heterocycles. The molecule has 0 aromatic carbocycles. The monoisotopic (exact) mass is 256 g/mol. The van der Waals surface area contributed by atoms with Crippen LogP contribution in [0, 0.1) is 5.41 Å². The molecule has 0 bridgehead atoms. The third-order valence-electron chi connectivity index (χ3n) is 4.98. The fourth-order valence-electron chi connectivity index (χ4n) is 3.10. The van der Waals surface area contributed by atoms with Crippen molar-refractivity contribution in [2.24, 2.45) is 5.41 Å². The molecule has 1 spiro atoms. The van der Waals surface area contributed by atoms with Crippen LogP contribution in [0.4, 0.5) is 0 Å². The summed E-state index contributed by atoms with van der Waals surface area (Å²) in [6, 6.07) is 0. The minimum atomic E-state index is -0.895. The summed E-state index contributed by atoms with van der Waals surface area (Å²) in [5.41, 5.74) is -1.63. The van der Waals surface area contributed by atoms with Crippen LogP contribution in [0.15, 0.2) is 0 Å². The molecule has 18 heavy (non-hydrogen) atoms. The Kier molecular flexibility index (Phi) is 3.45. The SMILES string of the molecule is CC[C@](C)(C(=O)O)[C@]1(C)COC2(CCCCC2)O1. The van der Waals surface area contributed by atoms with E-state index in [9.17, 15) is 9.90 Å². The Labute approximate surface area is 109 Å². The second kappa shape index (κ2) is 4.49. The van der Waals surface area contributed by atoms with Crippen LogP contribution in [-0.4, -0.2) is 29.1 Å². The van der Waals surface area contributed by atoms with Crippen molar-refractivity contribution in [2.75, 3.05) is 6.61 Å². The lowest BCUT2D eigenvalue weighted by molar-refractivity contribution is -0.223. The fourth-order valence-corrected chi connectivity index (χ4v) is 3.10. The van der Waals surface area contributed by atoms with Gasteiger partial charge in [0.25, 0.3) is 0 Å². The van der Waals surface area contributed by atoms with E-state index in [2.05, 4.69) is 0 Å². The summed E-state index contributed by atoms with van der Waals surface area (Å²) < 4.78 is 12.1. The van der Waals surface area contributed by atoms with Crippen LogP contribution in [0.25, 0.3) is 0 Å². The van der Waals surface area contributed by atoms with E-state index < -0.39 is 22.8 Å². The summed E-state index contributed by atoms with van der Waals surface area (Å²) in [5.74, 6) is -1.32. The Morgan fingerprint density at radius 2 is 1.94 bits per heavy atom. The molecule has 104 valence electrons. The zero-order valence-electron chi connectivity index (χ0n) is 11.6. The normalized spacial score (nSPS) is 34.4. The highest BCUT2D eigenvalue weighted by Gasteiger charge is 2.59. The predicted molar refractivity (Wildman–Crippen MR) is 67.3 cm³/mol. The molecular weight excluding hydrogens is 232 g/mol. The van der Waals surface area contributed by atoms with Crippen molar-refractivity contribution >= 4 is 5.97 Å². The summed E-state index contributed by atoms with van der Waals surface area (Å²) in [7, 11) is 0. The van der Waals surface area contributed by atoms with Gasteiger partial charge < -0.3 is 14.6 Å². The van der Waals surface area contributed by atoms with E-state index in [1.54, 1.807) is 6.92 Å². The molecule has 1 aliphatic carbocycles. The van der Waals surface area contributed by atoms with E-state index in [1.165, 1.54) is 6.42 Å². The number of carboxylic acids is 1. The maximum Gasteiger partial charge on any atom is 0.312 e. The molecule has 1 saturated carbocycles. The second-order valence-electron chi connectivity index (χ2n) is 6.08. The molecule has 1 heterocycles. The first-order valence-electron chi connectivity index (χ1n) is 6.95. The number of ether oxygens (including phenoxy) is 2. The van der Waals surface area contributed by atoms with Crippen LogP contribution in [0.5, 0.6) is 0 Å². The number of carboxylic acid groups (broad SMARTS) is 1. The second-order valence-corrected chi connectivity index (χ2v) is 6.08. The van der Waals surface area contributed by atoms with Crippen LogP contribution in [-0.2, 0) is 14.3 Å². The van der Waals surface area contributed by atoms with E-state index in [4.69, 9.17) is 9.47 Å². The predicted octanol–water partition coefficient (Wildman–Crippen LogP) is 2.95. The molecule has 4 heteroatoms. The highest BCUT2D eigenvalue weighted by molar-refractivity contribution is 5.76. The van der Waals surface area contributed by atoms with Gasteiger partial charge in [0.2, 0.25) is 0 Å². The Hall–Kier alpha value is -0.610. The van der Waals surface area contributed by atoms with Crippen LogP contribution < -0.4 is 0 Å². The van der Waals surface area contributed by atoms with E-state index in [-0.39, 0.29) is 0 Å². The smallest absolute Gasteiger partial charge is 0.312 e. The molecule has 4 nitrogen and oxygen atoms in total. The number of carbonyl (C=O) groups is 1. The first kappa shape index (κ1) is 13.8. The molecular formula is C14H24O4. The van der Waals surface area contributed by atoms with Gasteiger partial charge in [-0.25, -0.2) is 0 Å². The van der Waals surface area contributed by atoms with Gasteiger partial charge in [-0.1, -0.05) is 13.3 Å². The van der Waals surface area contributed by atoms with E-state index >= 15 is 0 Å². The first-order valence-corrected chi connectivity index (χ1v) is 6.95. The van der Waals surface area contributed by atoms with Crippen LogP contribution in [0.2, 0.25) is 0 Å². The van der Waals surface area contributed by atoms with Gasteiger partial charge in [0, 0.05) is 12.8 Å². The standard InChI is InChI=1S/C14H24O4/c1-4-12(2,11(15)16)13(3)10-17-14(18-13)8-6-5-7-9-14/h4-10H2,1-3H3,(H,15,16)/t12-,13+/m1/s1. The van der Waals surface area contributed by atoms with E-state index in [0.717, 1.165) is 25.7 Å². The summed E-state index contributed by atoms with van der Waals surface area (Å²) >= 11 is 0. The lowest BCUT2D eigenvalue weighted by atomic mass is 9.72. The quantitative estimate of drug-likeness (QED) is 0.843. The number of rotatable bonds is 3. The molecule has 2 fully saturated rings. The maximum absolute atomic E-state index is 11.6. The van der Waals surface area contributed by atoms with Crippen LogP contribution >= 0.6 is 0 Å². The lowest BCUT2D eigenvalue weighted by Crippen LogP contribution is -2.52. The van der Waals surface area contributed by atoms with E-state index in [0.29, 0.717) is 13.0 Å². The van der Waals surface area contributed by atoms with Gasteiger partial charge in [0.05, 0.1) is 12.0 Å². The van der Waals surface area contributed by atoms with Gasteiger partial charge >= 0.3 is 5.97 Å². The zero-order valence-corrected chi connectivity index (χ0v) is 11.6. The summed E-state index contributed by atoms with van der Waals surface area (Å²) in [4.78, 5) is 11.6. The Balaban J connectivity index is 2.21. The number of aliphatic carboxylic acids is 1. The third-order valence-corrected chi connectivity index (χ3v) is 4.98. The fraction of sp³-hybridized carbons (Fsp3) is 0.929. The molecule has 0 aromatic heterocycles. The molecule has 1 N–H and O–H groups in total. The minimum Gasteiger partial charge on any atom is -0.481 e. The van der Waals surface area contributed by atoms with Crippen molar-refractivity contribution in [3.8, 4) is 0 Å². The Morgan fingerprint density at radius 3 is 2.44 bits per heavy atom. The first-order chi connectivity index (χ1) is 8.38. The molecule has 0 amide bonds. The van der Waals surface area contributed by atoms with E-state index in [1.807, 2.05) is 13.8 Å². The van der Waals surface area contributed by atoms with Gasteiger partial charge in [-0.3, -0.25) is 4.79 Å². The largest absolute Gasteiger partial charge is 0.481 e. The van der Waals surface area contributed by atoms with Gasteiger partial charge in [0.1, 0.15) is 5.60 Å². The average molecular weight is 256 g/mol. The summed E-state index contributed by atoms with van der Waals surface area (Å²) in [6.45, 7) is 5.92. The van der Waals surface area contributed by atoms with Crippen LogP contribution in [0.1, 0.15) is 59.3 Å². The van der Waals surface area contributed by atoms with Crippen molar-refractivity contribution in [1.82, 2.24) is 0 Å². The summed E-state index contributed by atoms with van der Waals surface area (Å²) in [6.07, 6.45) is 5.75. The molecule has 0 radical (unpaired) electrons. The lowest BCUT2D eigenvalue weighted by Gasteiger charge is -2.41. The Bertz CT molecular complexity index is 335. The average Bonchev–Trinajstić information content (AvgIpc) is 2.67. The molecule has 1 saturated heterocycles. The molecule has 2 rings (SSSR count). The van der Waals surface area contributed by atoms with Gasteiger partial charge in [-0.15, -0.1) is 0 Å². The highest BCUT2D eigenvalue weighted by Crippen LogP contribution is 2.49. The van der Waals surface area contributed by atoms with Gasteiger partial charge in [-0.2, -0.15) is 0 Å². The van der Waals surface area contributed by atoms with Crippen LogP contribution in [0.3, 0.4) is 0 Å². The molecule has 0 aromatic rings. The van der Waals surface area contributed by atoms with Gasteiger partial charge in [-0.05, 0) is 33.1 Å². The molecule has 0 unspecified atom stereocenters. The van der Waals surface area contributed by atoms with Crippen molar-refractivity contribution in [1.29, 1.82) is 0 Å². The third kappa shape index (κ3) is 1.95. The Morgan fingerprint density at radius 1 is 1.33 bits per heavy atom. The molecule has 2 aliphatic rings. The van der Waals surface area contributed by atoms with Crippen molar-refractivity contribution in [2.45, 2.75) is 70.7 Å². The zero-order chi connectivity index (χ0) is 13.4. The van der Waals surface area contributed by atoms with Crippen molar-refractivity contribution < 1.29 is 19.4 Å². The van der Waals surface area contributed by atoms with Crippen molar-refractivity contribution in [3.05, 3.63) is 0 Å². The summed E-state index contributed by atoms with van der Waals surface area (Å²) in [5, 5.41) is 9.51. The maximum atomic E-state index is 11.6. The molecule has 2 atom stereocenters. The minimum absolute atomic E-state index is 0.379. The highest BCUT2D eigenvalue weighted by atomic mass is 16.8. The topological polar surface area (TPSA) is 55.8 Å².